The monoisotopic (exact) mass is 305 g/mol. The molecule has 6 heteroatoms. The number of nitrogens with zero attached hydrogens (tertiary/aromatic N) is 2. The maximum atomic E-state index is 5.69. The molecule has 1 aromatic carbocycles. The topological polar surface area (TPSA) is 56.3 Å². The molecule has 0 spiro atoms. The smallest absolute Gasteiger partial charge is 0.161 e. The lowest BCUT2D eigenvalue weighted by Gasteiger charge is -2.22. The van der Waals surface area contributed by atoms with Gasteiger partial charge in [0.15, 0.2) is 11.5 Å². The molecule has 112 valence electrons. The molecule has 1 unspecified atom stereocenters. The maximum absolute atomic E-state index is 5.69. The number of hydrogen-bond acceptors (Lipinski definition) is 6. The van der Waals surface area contributed by atoms with Gasteiger partial charge in [-0.3, -0.25) is 0 Å². The van der Waals surface area contributed by atoms with E-state index in [0.717, 1.165) is 40.6 Å². The maximum Gasteiger partial charge on any atom is 0.161 e. The molecule has 1 atom stereocenters. The van der Waals surface area contributed by atoms with Crippen LogP contribution in [-0.4, -0.2) is 29.3 Å². The largest absolute Gasteiger partial charge is 0.486 e. The van der Waals surface area contributed by atoms with Gasteiger partial charge in [0, 0.05) is 0 Å². The van der Waals surface area contributed by atoms with E-state index in [0.29, 0.717) is 13.2 Å². The lowest BCUT2D eigenvalue weighted by molar-refractivity contribution is 0.171. The minimum Gasteiger partial charge on any atom is -0.486 e. The van der Waals surface area contributed by atoms with Crippen LogP contribution in [0.3, 0.4) is 0 Å². The number of nitrogens with one attached hydrogen (secondary N) is 1. The van der Waals surface area contributed by atoms with E-state index in [2.05, 4.69) is 34.0 Å². The van der Waals surface area contributed by atoms with Gasteiger partial charge in [0.05, 0.1) is 16.6 Å². The summed E-state index contributed by atoms with van der Waals surface area (Å²) in [6.45, 7) is 6.31. The third-order valence-electron chi connectivity index (χ3n) is 3.45. The van der Waals surface area contributed by atoms with Gasteiger partial charge < -0.3 is 14.8 Å². The summed E-state index contributed by atoms with van der Waals surface area (Å²) < 4.78 is 15.3. The minimum atomic E-state index is 0.0979. The average Bonchev–Trinajstić information content (AvgIpc) is 2.94. The molecular formula is C15H19N3O2S. The van der Waals surface area contributed by atoms with Crippen molar-refractivity contribution in [2.45, 2.75) is 26.3 Å². The number of benzene rings is 1. The highest BCUT2D eigenvalue weighted by molar-refractivity contribution is 7.05. The van der Waals surface area contributed by atoms with Crippen molar-refractivity contribution in [1.82, 2.24) is 14.9 Å². The van der Waals surface area contributed by atoms with E-state index in [9.17, 15) is 0 Å². The van der Waals surface area contributed by atoms with Gasteiger partial charge in [-0.25, -0.2) is 0 Å². The Morgan fingerprint density at radius 1 is 1.29 bits per heavy atom. The van der Waals surface area contributed by atoms with Gasteiger partial charge in [-0.2, -0.15) is 0 Å². The normalized spacial score (nSPS) is 15.0. The van der Waals surface area contributed by atoms with Gasteiger partial charge in [-0.1, -0.05) is 17.5 Å². The van der Waals surface area contributed by atoms with Crippen LogP contribution < -0.4 is 14.8 Å². The molecule has 1 aliphatic heterocycles. The van der Waals surface area contributed by atoms with E-state index in [-0.39, 0.29) is 6.04 Å². The number of rotatable bonds is 5. The first kappa shape index (κ1) is 14.3. The molecule has 0 radical (unpaired) electrons. The van der Waals surface area contributed by atoms with Crippen LogP contribution in [0.5, 0.6) is 11.5 Å². The summed E-state index contributed by atoms with van der Waals surface area (Å²) in [4.78, 5) is 1.15. The molecule has 1 aliphatic rings. The fourth-order valence-electron chi connectivity index (χ4n) is 2.39. The van der Waals surface area contributed by atoms with Crippen LogP contribution in [0, 0.1) is 6.92 Å². The quantitative estimate of drug-likeness (QED) is 0.920. The van der Waals surface area contributed by atoms with Gasteiger partial charge in [0.2, 0.25) is 0 Å². The summed E-state index contributed by atoms with van der Waals surface area (Å²) in [5.74, 6) is 1.63. The minimum absolute atomic E-state index is 0.0979. The van der Waals surface area contributed by atoms with Crippen LogP contribution >= 0.6 is 11.5 Å². The summed E-state index contributed by atoms with van der Waals surface area (Å²) in [5, 5.41) is 7.70. The van der Waals surface area contributed by atoms with Crippen LogP contribution in [-0.2, 0) is 0 Å². The SMILES string of the molecule is CCCNC(c1ccc2c(c1)OCCO2)c1snnc1C. The first-order valence-corrected chi connectivity index (χ1v) is 7.98. The van der Waals surface area contributed by atoms with Gasteiger partial charge in [0.1, 0.15) is 13.2 Å². The zero-order valence-corrected chi connectivity index (χ0v) is 13.1. The average molecular weight is 305 g/mol. The van der Waals surface area contributed by atoms with E-state index in [1.807, 2.05) is 13.0 Å². The summed E-state index contributed by atoms with van der Waals surface area (Å²) in [5.41, 5.74) is 2.13. The molecule has 0 aliphatic carbocycles. The van der Waals surface area contributed by atoms with Crippen molar-refractivity contribution in [3.8, 4) is 11.5 Å². The van der Waals surface area contributed by atoms with Crippen molar-refractivity contribution in [2.75, 3.05) is 19.8 Å². The molecular weight excluding hydrogens is 286 g/mol. The van der Waals surface area contributed by atoms with Gasteiger partial charge >= 0.3 is 0 Å². The van der Waals surface area contributed by atoms with Crippen LogP contribution in [0.4, 0.5) is 0 Å². The molecule has 0 saturated heterocycles. The molecule has 21 heavy (non-hydrogen) atoms. The van der Waals surface area contributed by atoms with Crippen LogP contribution in [0.15, 0.2) is 18.2 Å². The highest BCUT2D eigenvalue weighted by atomic mass is 32.1. The summed E-state index contributed by atoms with van der Waals surface area (Å²) >= 11 is 1.44. The fourth-order valence-corrected chi connectivity index (χ4v) is 3.14. The molecule has 0 bridgehead atoms. The molecule has 3 rings (SSSR count). The first-order valence-electron chi connectivity index (χ1n) is 7.21. The van der Waals surface area contributed by atoms with Crippen LogP contribution in [0.25, 0.3) is 0 Å². The summed E-state index contributed by atoms with van der Waals surface area (Å²) in [6, 6.07) is 6.22. The third-order valence-corrected chi connectivity index (χ3v) is 4.34. The second-order valence-corrected chi connectivity index (χ2v) is 5.80. The Bertz CT molecular complexity index is 615. The Balaban J connectivity index is 1.94. The second-order valence-electron chi connectivity index (χ2n) is 5.01. The number of fused-ring (bicyclic) bond motifs is 1. The number of aryl methyl sites for hydroxylation is 1. The summed E-state index contributed by atoms with van der Waals surface area (Å²) in [6.07, 6.45) is 1.08. The van der Waals surface area contributed by atoms with Crippen molar-refractivity contribution >= 4 is 11.5 Å². The van der Waals surface area contributed by atoms with E-state index < -0.39 is 0 Å². The van der Waals surface area contributed by atoms with Gasteiger partial charge in [-0.15, -0.1) is 5.10 Å². The predicted octanol–water partition coefficient (Wildman–Crippen LogP) is 2.71. The lowest BCUT2D eigenvalue weighted by Crippen LogP contribution is -2.23. The molecule has 0 fully saturated rings. The molecule has 1 aromatic heterocycles. The van der Waals surface area contributed by atoms with E-state index >= 15 is 0 Å². The van der Waals surface area contributed by atoms with E-state index in [1.165, 1.54) is 11.5 Å². The molecule has 5 nitrogen and oxygen atoms in total. The Kier molecular flexibility index (Phi) is 4.36. The van der Waals surface area contributed by atoms with Gasteiger partial charge in [-0.05, 0) is 49.1 Å². The van der Waals surface area contributed by atoms with Crippen molar-refractivity contribution < 1.29 is 9.47 Å². The van der Waals surface area contributed by atoms with Crippen molar-refractivity contribution in [1.29, 1.82) is 0 Å². The van der Waals surface area contributed by atoms with Crippen molar-refractivity contribution in [2.24, 2.45) is 0 Å². The van der Waals surface area contributed by atoms with Crippen molar-refractivity contribution in [3.63, 3.8) is 0 Å². The Hall–Kier alpha value is -1.66. The zero-order valence-electron chi connectivity index (χ0n) is 12.3. The standard InChI is InChI=1S/C15H19N3O2S/c1-3-6-16-14(15-10(2)17-18-21-15)11-4-5-12-13(9-11)20-8-7-19-12/h4-5,9,14,16H,3,6-8H2,1-2H3. The Labute approximate surface area is 128 Å². The molecule has 0 amide bonds. The zero-order chi connectivity index (χ0) is 14.7. The van der Waals surface area contributed by atoms with Gasteiger partial charge in [0.25, 0.3) is 0 Å². The highest BCUT2D eigenvalue weighted by Crippen LogP contribution is 2.35. The third kappa shape index (κ3) is 3.01. The summed E-state index contributed by atoms with van der Waals surface area (Å²) in [7, 11) is 0. The number of ether oxygens (including phenoxy) is 2. The second kappa shape index (κ2) is 6.41. The van der Waals surface area contributed by atoms with Crippen LogP contribution in [0.2, 0.25) is 0 Å². The molecule has 2 heterocycles. The first-order chi connectivity index (χ1) is 10.3. The fraction of sp³-hybridized carbons (Fsp3) is 0.467. The number of aromatic nitrogens is 2. The molecule has 0 saturated carbocycles. The Morgan fingerprint density at radius 3 is 2.81 bits per heavy atom. The Morgan fingerprint density at radius 2 is 2.10 bits per heavy atom. The molecule has 1 N–H and O–H groups in total. The lowest BCUT2D eigenvalue weighted by atomic mass is 10.0. The predicted molar refractivity (Wildman–Crippen MR) is 82.2 cm³/mol. The number of hydrogen-bond donors (Lipinski definition) is 1. The van der Waals surface area contributed by atoms with E-state index in [4.69, 9.17) is 9.47 Å². The highest BCUT2D eigenvalue weighted by Gasteiger charge is 2.21. The molecule has 2 aromatic rings. The van der Waals surface area contributed by atoms with Crippen LogP contribution in [0.1, 0.15) is 35.5 Å². The van der Waals surface area contributed by atoms with Crippen molar-refractivity contribution in [3.05, 3.63) is 34.3 Å². The van der Waals surface area contributed by atoms with E-state index in [1.54, 1.807) is 0 Å².